The number of alkyl halides is 3. The van der Waals surface area contributed by atoms with Gasteiger partial charge >= 0.3 is 12.1 Å². The Morgan fingerprint density at radius 2 is 1.62 bits per heavy atom. The average molecular weight is 363 g/mol. The van der Waals surface area contributed by atoms with E-state index in [4.69, 9.17) is 4.74 Å². The number of benzene rings is 2. The quantitative estimate of drug-likeness (QED) is 0.820. The van der Waals surface area contributed by atoms with Crippen molar-refractivity contribution in [2.24, 2.45) is 0 Å². The molecule has 0 aromatic heterocycles. The average Bonchev–Trinajstić information content (AvgIpc) is 3.43. The summed E-state index contributed by atoms with van der Waals surface area (Å²) >= 11 is 0. The molecule has 0 radical (unpaired) electrons. The van der Waals surface area contributed by atoms with Gasteiger partial charge in [-0.2, -0.15) is 13.2 Å². The topological polar surface area (TPSA) is 55.4 Å². The van der Waals surface area contributed by atoms with Gasteiger partial charge in [0.2, 0.25) is 6.10 Å². The lowest BCUT2D eigenvalue weighted by Crippen LogP contribution is -2.33. The van der Waals surface area contributed by atoms with Gasteiger partial charge in [-0.15, -0.1) is 0 Å². The molecule has 2 aromatic carbocycles. The van der Waals surface area contributed by atoms with Crippen molar-refractivity contribution in [2.45, 2.75) is 31.2 Å². The zero-order valence-corrected chi connectivity index (χ0v) is 13.6. The van der Waals surface area contributed by atoms with E-state index >= 15 is 0 Å². The van der Waals surface area contributed by atoms with Gasteiger partial charge in [-0.05, 0) is 37.1 Å². The Morgan fingerprint density at radius 3 is 2.15 bits per heavy atom. The van der Waals surface area contributed by atoms with Crippen LogP contribution in [-0.2, 0) is 15.7 Å². The maximum atomic E-state index is 12.6. The molecular weight excluding hydrogens is 347 g/mol. The van der Waals surface area contributed by atoms with Gasteiger partial charge in [-0.1, -0.05) is 30.3 Å². The SMILES string of the molecule is O=C(O[C@@H](C(=O)NC1CC1)c1ccccc1)c1ccc(C(F)(F)F)cc1. The maximum Gasteiger partial charge on any atom is 0.416 e. The number of hydrogen-bond acceptors (Lipinski definition) is 3. The first-order valence-electron chi connectivity index (χ1n) is 8.08. The molecule has 1 aliphatic rings. The maximum absolute atomic E-state index is 12.6. The van der Waals surface area contributed by atoms with E-state index in [2.05, 4.69) is 5.32 Å². The molecule has 1 atom stereocenters. The van der Waals surface area contributed by atoms with E-state index in [0.29, 0.717) is 5.56 Å². The summed E-state index contributed by atoms with van der Waals surface area (Å²) in [6.45, 7) is 0. The number of carbonyl (C=O) groups is 2. The lowest BCUT2D eigenvalue weighted by molar-refractivity contribution is -0.137. The highest BCUT2D eigenvalue weighted by molar-refractivity contribution is 5.92. The molecule has 0 heterocycles. The van der Waals surface area contributed by atoms with Gasteiger partial charge in [0, 0.05) is 11.6 Å². The minimum atomic E-state index is -4.49. The predicted molar refractivity (Wildman–Crippen MR) is 87.2 cm³/mol. The highest BCUT2D eigenvalue weighted by Crippen LogP contribution is 2.29. The van der Waals surface area contributed by atoms with Crippen molar-refractivity contribution >= 4 is 11.9 Å². The van der Waals surface area contributed by atoms with Gasteiger partial charge < -0.3 is 10.1 Å². The molecule has 1 aliphatic carbocycles. The molecule has 1 amide bonds. The largest absolute Gasteiger partial charge is 0.444 e. The van der Waals surface area contributed by atoms with E-state index in [0.717, 1.165) is 37.1 Å². The molecule has 7 heteroatoms. The number of amides is 1. The van der Waals surface area contributed by atoms with Gasteiger partial charge in [0.15, 0.2) is 0 Å². The fraction of sp³-hybridized carbons (Fsp3) is 0.263. The Bertz CT molecular complexity index is 784. The molecule has 1 fully saturated rings. The van der Waals surface area contributed by atoms with Crippen LogP contribution >= 0.6 is 0 Å². The number of ether oxygens (including phenoxy) is 1. The van der Waals surface area contributed by atoms with Crippen molar-refractivity contribution in [2.75, 3.05) is 0 Å². The van der Waals surface area contributed by atoms with Crippen molar-refractivity contribution < 1.29 is 27.5 Å². The van der Waals surface area contributed by atoms with E-state index in [1.165, 1.54) is 0 Å². The molecular formula is C19H16F3NO3. The van der Waals surface area contributed by atoms with E-state index < -0.39 is 29.7 Å². The Morgan fingerprint density at radius 1 is 1.00 bits per heavy atom. The van der Waals surface area contributed by atoms with Gasteiger partial charge in [0.05, 0.1) is 11.1 Å². The fourth-order valence-corrected chi connectivity index (χ4v) is 2.38. The zero-order valence-electron chi connectivity index (χ0n) is 13.6. The van der Waals surface area contributed by atoms with Crippen LogP contribution in [0, 0.1) is 0 Å². The number of nitrogens with one attached hydrogen (secondary N) is 1. The van der Waals surface area contributed by atoms with Crippen LogP contribution in [0.1, 0.15) is 40.4 Å². The van der Waals surface area contributed by atoms with Crippen LogP contribution in [0.5, 0.6) is 0 Å². The lowest BCUT2D eigenvalue weighted by atomic mass is 10.1. The van der Waals surface area contributed by atoms with Crippen LogP contribution in [0.3, 0.4) is 0 Å². The Kier molecular flexibility index (Phi) is 4.97. The van der Waals surface area contributed by atoms with Crippen molar-refractivity contribution in [1.29, 1.82) is 0 Å². The summed E-state index contributed by atoms with van der Waals surface area (Å²) in [4.78, 5) is 24.7. The number of carbonyl (C=O) groups excluding carboxylic acids is 2. The molecule has 0 saturated heterocycles. The van der Waals surface area contributed by atoms with Gasteiger partial charge in [-0.3, -0.25) is 4.79 Å². The summed E-state index contributed by atoms with van der Waals surface area (Å²) < 4.78 is 43.2. The number of esters is 1. The second-order valence-corrected chi connectivity index (χ2v) is 6.05. The molecule has 136 valence electrons. The Hall–Kier alpha value is -2.83. The lowest BCUT2D eigenvalue weighted by Gasteiger charge is -2.18. The number of rotatable bonds is 5. The first kappa shape index (κ1) is 18.0. The molecule has 26 heavy (non-hydrogen) atoms. The molecule has 0 bridgehead atoms. The van der Waals surface area contributed by atoms with Crippen LogP contribution in [-0.4, -0.2) is 17.9 Å². The summed E-state index contributed by atoms with van der Waals surface area (Å²) in [5.74, 6) is -1.31. The monoisotopic (exact) mass is 363 g/mol. The minimum Gasteiger partial charge on any atom is -0.444 e. The van der Waals surface area contributed by atoms with E-state index in [1.807, 2.05) is 0 Å². The number of hydrogen-bond donors (Lipinski definition) is 1. The molecule has 0 spiro atoms. The molecule has 3 rings (SSSR count). The molecule has 1 saturated carbocycles. The van der Waals surface area contributed by atoms with Gasteiger partial charge in [0.1, 0.15) is 0 Å². The highest BCUT2D eigenvalue weighted by Gasteiger charge is 2.32. The molecule has 0 aliphatic heterocycles. The first-order valence-corrected chi connectivity index (χ1v) is 8.08. The summed E-state index contributed by atoms with van der Waals surface area (Å²) in [7, 11) is 0. The van der Waals surface area contributed by atoms with E-state index in [-0.39, 0.29) is 11.6 Å². The third kappa shape index (κ3) is 4.41. The Balaban J connectivity index is 1.77. The van der Waals surface area contributed by atoms with Crippen molar-refractivity contribution in [3.63, 3.8) is 0 Å². The van der Waals surface area contributed by atoms with Crippen LogP contribution in [0.2, 0.25) is 0 Å². The van der Waals surface area contributed by atoms with Crippen LogP contribution in [0.25, 0.3) is 0 Å². The summed E-state index contributed by atoms with van der Waals surface area (Å²) in [5.41, 5.74) is -0.427. The van der Waals surface area contributed by atoms with Crippen LogP contribution in [0.4, 0.5) is 13.2 Å². The zero-order chi connectivity index (χ0) is 18.7. The predicted octanol–water partition coefficient (Wildman–Crippen LogP) is 3.88. The number of halogens is 3. The van der Waals surface area contributed by atoms with Gasteiger partial charge in [0.25, 0.3) is 5.91 Å². The van der Waals surface area contributed by atoms with E-state index in [1.54, 1.807) is 30.3 Å². The van der Waals surface area contributed by atoms with Crippen molar-refractivity contribution in [3.05, 3.63) is 71.3 Å². The van der Waals surface area contributed by atoms with Crippen molar-refractivity contribution in [3.8, 4) is 0 Å². The molecule has 2 aromatic rings. The summed E-state index contributed by atoms with van der Waals surface area (Å²) in [6.07, 6.45) is -3.90. The van der Waals surface area contributed by atoms with Crippen LogP contribution in [0.15, 0.2) is 54.6 Å². The summed E-state index contributed by atoms with van der Waals surface area (Å²) in [5, 5.41) is 2.77. The highest BCUT2D eigenvalue weighted by atomic mass is 19.4. The first-order chi connectivity index (χ1) is 12.3. The smallest absolute Gasteiger partial charge is 0.416 e. The molecule has 4 nitrogen and oxygen atoms in total. The second kappa shape index (κ2) is 7.19. The Labute approximate surface area is 148 Å². The molecule has 0 unspecified atom stereocenters. The third-order valence-electron chi connectivity index (χ3n) is 3.94. The third-order valence-corrected chi connectivity index (χ3v) is 3.94. The standard InChI is InChI=1S/C19H16F3NO3/c20-19(21,22)14-8-6-13(7-9-14)18(25)26-16(12-4-2-1-3-5-12)17(24)23-15-10-11-15/h1-9,15-16H,10-11H2,(H,23,24)/t16-/m1/s1. The van der Waals surface area contributed by atoms with Crippen LogP contribution < -0.4 is 5.32 Å². The second-order valence-electron chi connectivity index (χ2n) is 6.05. The normalized spacial score (nSPS) is 15.2. The minimum absolute atomic E-state index is 0.0573. The fourth-order valence-electron chi connectivity index (χ4n) is 2.38. The van der Waals surface area contributed by atoms with Crippen molar-refractivity contribution in [1.82, 2.24) is 5.32 Å². The van der Waals surface area contributed by atoms with Gasteiger partial charge in [-0.25, -0.2) is 4.79 Å². The molecule has 1 N–H and O–H groups in total. The summed E-state index contributed by atoms with van der Waals surface area (Å²) in [6, 6.07) is 12.2. The van der Waals surface area contributed by atoms with E-state index in [9.17, 15) is 22.8 Å².